The summed E-state index contributed by atoms with van der Waals surface area (Å²) in [5, 5.41) is 8.77. The Kier molecular flexibility index (Phi) is 5.61. The van der Waals surface area contributed by atoms with Crippen LogP contribution in [0, 0.1) is 5.92 Å². The summed E-state index contributed by atoms with van der Waals surface area (Å²) in [6.45, 7) is 1.82. The second-order valence-electron chi connectivity index (χ2n) is 8.16. The highest BCUT2D eigenvalue weighted by molar-refractivity contribution is 5.77. The molecule has 2 unspecified atom stereocenters. The van der Waals surface area contributed by atoms with Crippen molar-refractivity contribution in [1.82, 2.24) is 9.47 Å². The summed E-state index contributed by atoms with van der Waals surface area (Å²) in [5.41, 5.74) is 2.52. The van der Waals surface area contributed by atoms with Crippen LogP contribution in [0.5, 0.6) is 5.75 Å². The average molecular weight is 410 g/mol. The number of aromatic nitrogens is 1. The maximum atomic E-state index is 13.2. The van der Waals surface area contributed by atoms with Crippen LogP contribution in [0.3, 0.4) is 0 Å². The number of hydrogen-bond acceptors (Lipinski definition) is 4. The van der Waals surface area contributed by atoms with Crippen LogP contribution < -0.4 is 10.3 Å². The molecule has 7 nitrogen and oxygen atoms in total. The van der Waals surface area contributed by atoms with E-state index in [2.05, 4.69) is 0 Å². The van der Waals surface area contributed by atoms with Crippen LogP contribution in [-0.4, -0.2) is 46.6 Å². The first-order valence-electron chi connectivity index (χ1n) is 10.3. The standard InChI is InChI=1S/C23H26N2O5/c1-30-18-7-5-16(6-8-18)19-9-10-20-17-11-15(13-25(20)23(19)29)12-24(14-17)21(26)3-2-4-22(27)28/h5-10,15,17H,2-4,11-14H2,1H3,(H,27,28). The molecule has 0 saturated carbocycles. The van der Waals surface area contributed by atoms with Gasteiger partial charge in [-0.1, -0.05) is 12.1 Å². The van der Waals surface area contributed by atoms with Gasteiger partial charge in [0.05, 0.1) is 7.11 Å². The topological polar surface area (TPSA) is 88.8 Å². The minimum Gasteiger partial charge on any atom is -0.497 e. The molecule has 2 bridgehead atoms. The van der Waals surface area contributed by atoms with E-state index in [-0.39, 0.29) is 36.1 Å². The van der Waals surface area contributed by atoms with E-state index in [0.717, 1.165) is 23.4 Å². The molecule has 2 aliphatic heterocycles. The van der Waals surface area contributed by atoms with E-state index in [9.17, 15) is 14.4 Å². The molecule has 30 heavy (non-hydrogen) atoms. The molecule has 7 heteroatoms. The fraction of sp³-hybridized carbons (Fsp3) is 0.435. The van der Waals surface area contributed by atoms with E-state index >= 15 is 0 Å². The Hall–Kier alpha value is -3.09. The maximum absolute atomic E-state index is 13.2. The Morgan fingerprint density at radius 2 is 1.83 bits per heavy atom. The zero-order valence-corrected chi connectivity index (χ0v) is 17.0. The van der Waals surface area contributed by atoms with Crippen molar-refractivity contribution in [2.75, 3.05) is 20.2 Å². The van der Waals surface area contributed by atoms with Crippen molar-refractivity contribution < 1.29 is 19.4 Å². The van der Waals surface area contributed by atoms with Crippen molar-refractivity contribution in [3.8, 4) is 16.9 Å². The van der Waals surface area contributed by atoms with E-state index < -0.39 is 5.97 Å². The predicted molar refractivity (Wildman–Crippen MR) is 112 cm³/mol. The van der Waals surface area contributed by atoms with Gasteiger partial charge in [0.1, 0.15) is 5.75 Å². The average Bonchev–Trinajstić information content (AvgIpc) is 2.74. The number of carbonyl (C=O) groups excluding carboxylic acids is 1. The number of benzene rings is 1. The van der Waals surface area contributed by atoms with Gasteiger partial charge in [0, 0.05) is 49.7 Å². The Morgan fingerprint density at radius 3 is 2.53 bits per heavy atom. The lowest BCUT2D eigenvalue weighted by molar-refractivity contribution is -0.137. The van der Waals surface area contributed by atoms with Crippen molar-refractivity contribution in [3.63, 3.8) is 0 Å². The van der Waals surface area contributed by atoms with E-state index in [1.54, 1.807) is 7.11 Å². The first-order chi connectivity index (χ1) is 14.5. The lowest BCUT2D eigenvalue weighted by atomic mass is 9.82. The highest BCUT2D eigenvalue weighted by atomic mass is 16.5. The monoisotopic (exact) mass is 410 g/mol. The van der Waals surface area contributed by atoms with Gasteiger partial charge in [-0.3, -0.25) is 14.4 Å². The zero-order chi connectivity index (χ0) is 21.3. The molecular formula is C23H26N2O5. The number of ether oxygens (including phenoxy) is 1. The molecule has 0 spiro atoms. The number of carbonyl (C=O) groups is 2. The Labute approximate surface area is 174 Å². The van der Waals surface area contributed by atoms with Gasteiger partial charge in [-0.15, -0.1) is 0 Å². The zero-order valence-electron chi connectivity index (χ0n) is 17.0. The van der Waals surface area contributed by atoms with Crippen LogP contribution >= 0.6 is 0 Å². The third-order valence-corrected chi connectivity index (χ3v) is 6.14. The highest BCUT2D eigenvalue weighted by Crippen LogP contribution is 2.36. The van der Waals surface area contributed by atoms with Crippen molar-refractivity contribution in [2.24, 2.45) is 5.92 Å². The van der Waals surface area contributed by atoms with Gasteiger partial charge in [-0.05, 0) is 48.6 Å². The molecule has 2 aromatic rings. The van der Waals surface area contributed by atoms with Gasteiger partial charge >= 0.3 is 5.97 Å². The predicted octanol–water partition coefficient (Wildman–Crippen LogP) is 2.72. The summed E-state index contributed by atoms with van der Waals surface area (Å²) in [7, 11) is 1.61. The van der Waals surface area contributed by atoms with Gasteiger partial charge in [0.25, 0.3) is 5.56 Å². The van der Waals surface area contributed by atoms with Crippen LogP contribution in [-0.2, 0) is 16.1 Å². The molecule has 2 aliphatic rings. The molecular weight excluding hydrogens is 384 g/mol. The molecule has 1 aromatic carbocycles. The lowest BCUT2D eigenvalue weighted by Crippen LogP contribution is -2.49. The van der Waals surface area contributed by atoms with Crippen LogP contribution in [0.15, 0.2) is 41.2 Å². The molecule has 1 saturated heterocycles. The number of piperidine rings is 1. The molecule has 158 valence electrons. The van der Waals surface area contributed by atoms with Crippen LogP contribution in [0.2, 0.25) is 0 Å². The van der Waals surface area contributed by atoms with Crippen LogP contribution in [0.1, 0.15) is 37.3 Å². The Bertz CT molecular complexity index is 1010. The molecule has 3 heterocycles. The fourth-order valence-corrected chi connectivity index (χ4v) is 4.69. The molecule has 0 aliphatic carbocycles. The third-order valence-electron chi connectivity index (χ3n) is 6.14. The normalized spacial score (nSPS) is 19.8. The molecule has 4 rings (SSSR count). The summed E-state index contributed by atoms with van der Waals surface area (Å²) in [6, 6.07) is 11.4. The van der Waals surface area contributed by atoms with Gasteiger partial charge < -0.3 is 19.3 Å². The Balaban J connectivity index is 1.54. The number of hydrogen-bond donors (Lipinski definition) is 1. The smallest absolute Gasteiger partial charge is 0.303 e. The van der Waals surface area contributed by atoms with Gasteiger partial charge in [-0.25, -0.2) is 0 Å². The first kappa shape index (κ1) is 20.2. The number of carboxylic acids is 1. The number of nitrogens with zero attached hydrogens (tertiary/aromatic N) is 2. The number of rotatable bonds is 6. The second-order valence-corrected chi connectivity index (χ2v) is 8.16. The molecule has 1 fully saturated rings. The SMILES string of the molecule is COc1ccc(-c2ccc3n(c2=O)CC2CC3CN(C(=O)CCCC(=O)O)C2)cc1. The second kappa shape index (κ2) is 8.34. The van der Waals surface area contributed by atoms with Crippen LogP contribution in [0.25, 0.3) is 11.1 Å². The number of pyridine rings is 1. The van der Waals surface area contributed by atoms with Crippen LogP contribution in [0.4, 0.5) is 0 Å². The number of fused-ring (bicyclic) bond motifs is 4. The number of carboxylic acid groups (broad SMARTS) is 1. The Morgan fingerprint density at radius 1 is 1.07 bits per heavy atom. The van der Waals surface area contributed by atoms with E-state index in [0.29, 0.717) is 31.6 Å². The fourth-order valence-electron chi connectivity index (χ4n) is 4.69. The highest BCUT2D eigenvalue weighted by Gasteiger charge is 2.36. The third kappa shape index (κ3) is 3.97. The number of amides is 1. The molecule has 1 N–H and O–H groups in total. The summed E-state index contributed by atoms with van der Waals surface area (Å²) < 4.78 is 7.08. The molecule has 0 radical (unpaired) electrons. The largest absolute Gasteiger partial charge is 0.497 e. The van der Waals surface area contributed by atoms with E-state index in [4.69, 9.17) is 9.84 Å². The van der Waals surface area contributed by atoms with Crippen molar-refractivity contribution in [3.05, 3.63) is 52.4 Å². The lowest BCUT2D eigenvalue weighted by Gasteiger charge is -2.43. The van der Waals surface area contributed by atoms with Gasteiger partial charge in [-0.2, -0.15) is 0 Å². The molecule has 1 amide bonds. The first-order valence-corrected chi connectivity index (χ1v) is 10.3. The van der Waals surface area contributed by atoms with E-state index in [1.165, 1.54) is 0 Å². The number of aliphatic carboxylic acids is 1. The summed E-state index contributed by atoms with van der Waals surface area (Å²) in [4.78, 5) is 38.3. The maximum Gasteiger partial charge on any atom is 0.303 e. The van der Waals surface area contributed by atoms with E-state index in [1.807, 2.05) is 45.9 Å². The van der Waals surface area contributed by atoms with Gasteiger partial charge in [0.2, 0.25) is 5.91 Å². The number of methoxy groups -OCH3 is 1. The summed E-state index contributed by atoms with van der Waals surface area (Å²) >= 11 is 0. The van der Waals surface area contributed by atoms with Crippen molar-refractivity contribution >= 4 is 11.9 Å². The van der Waals surface area contributed by atoms with Crippen molar-refractivity contribution in [1.29, 1.82) is 0 Å². The number of likely N-dealkylation sites (tertiary alicyclic amines) is 1. The summed E-state index contributed by atoms with van der Waals surface area (Å²) in [6.07, 6.45) is 1.61. The minimum atomic E-state index is -0.876. The van der Waals surface area contributed by atoms with Crippen molar-refractivity contribution in [2.45, 2.75) is 38.1 Å². The molecule has 1 aromatic heterocycles. The molecule has 2 atom stereocenters. The van der Waals surface area contributed by atoms with Gasteiger partial charge in [0.15, 0.2) is 0 Å². The quantitative estimate of drug-likeness (QED) is 0.791. The minimum absolute atomic E-state index is 0.00796. The summed E-state index contributed by atoms with van der Waals surface area (Å²) in [5.74, 6) is 0.261.